The molecule has 0 saturated carbocycles. The molecule has 3 aliphatic heterocycles. The molecule has 4 rings (SSSR count). The predicted molar refractivity (Wildman–Crippen MR) is 121 cm³/mol. The summed E-state index contributed by atoms with van der Waals surface area (Å²) in [6.07, 6.45) is 5.54. The van der Waals surface area contributed by atoms with Gasteiger partial charge in [-0.15, -0.1) is 0 Å². The number of nitrogens with zero attached hydrogens (tertiary/aromatic N) is 2. The summed E-state index contributed by atoms with van der Waals surface area (Å²) in [5.41, 5.74) is 0.384. The molecule has 6 heteroatoms. The second-order valence-corrected chi connectivity index (χ2v) is 9.68. The maximum absolute atomic E-state index is 13.4. The van der Waals surface area contributed by atoms with Crippen molar-refractivity contribution in [3.8, 4) is 0 Å². The number of ether oxygens (including phenoxy) is 1. The van der Waals surface area contributed by atoms with E-state index in [1.807, 2.05) is 35.2 Å². The molecule has 3 heterocycles. The number of amides is 2. The highest BCUT2D eigenvalue weighted by atomic mass is 16.5. The number of hydrogen-bond acceptors (Lipinski definition) is 4. The minimum absolute atomic E-state index is 0.0474. The van der Waals surface area contributed by atoms with Crippen molar-refractivity contribution < 1.29 is 14.3 Å². The van der Waals surface area contributed by atoms with Gasteiger partial charge >= 0.3 is 0 Å². The van der Waals surface area contributed by atoms with E-state index in [4.69, 9.17) is 4.74 Å². The third-order valence-corrected chi connectivity index (χ3v) is 7.41. The van der Waals surface area contributed by atoms with Crippen LogP contribution in [0.5, 0.6) is 0 Å². The van der Waals surface area contributed by atoms with Crippen molar-refractivity contribution in [1.29, 1.82) is 0 Å². The molecule has 0 bridgehead atoms. The second kappa shape index (κ2) is 9.70. The summed E-state index contributed by atoms with van der Waals surface area (Å²) < 4.78 is 6.07. The number of nitrogens with one attached hydrogen (secondary N) is 1. The molecule has 1 N–H and O–H groups in total. The average molecular weight is 428 g/mol. The zero-order chi connectivity index (χ0) is 21.8. The van der Waals surface area contributed by atoms with Gasteiger partial charge in [0.25, 0.3) is 0 Å². The smallest absolute Gasteiger partial charge is 0.232 e. The van der Waals surface area contributed by atoms with E-state index in [1.54, 1.807) is 0 Å². The van der Waals surface area contributed by atoms with Crippen molar-refractivity contribution in [2.45, 2.75) is 76.0 Å². The standard InChI is InChI=1S/C25H37N3O3/c1-19(2)27-14-11-22(12-15-27)31-16-6-13-26-24(30)25(20-7-4-3-5-8-20)17-21-9-10-23(29)28(21)18-25/h3-5,7-8,19,21-22H,6,9-18H2,1-2H3,(H,26,30)/t21-,25-/m0/s1. The summed E-state index contributed by atoms with van der Waals surface area (Å²) in [6.45, 7) is 8.49. The van der Waals surface area contributed by atoms with E-state index < -0.39 is 5.41 Å². The number of carbonyl (C=O) groups is 2. The Morgan fingerprint density at radius 2 is 1.94 bits per heavy atom. The Bertz CT molecular complexity index is 761. The number of rotatable bonds is 8. The molecule has 6 nitrogen and oxygen atoms in total. The Morgan fingerprint density at radius 3 is 2.61 bits per heavy atom. The van der Waals surface area contributed by atoms with Crippen LogP contribution in [0.15, 0.2) is 30.3 Å². The van der Waals surface area contributed by atoms with Crippen LogP contribution < -0.4 is 5.32 Å². The average Bonchev–Trinajstić information content (AvgIpc) is 3.34. The lowest BCUT2D eigenvalue weighted by Crippen LogP contribution is -2.47. The molecule has 31 heavy (non-hydrogen) atoms. The molecule has 0 spiro atoms. The molecular weight excluding hydrogens is 390 g/mol. The Morgan fingerprint density at radius 1 is 1.19 bits per heavy atom. The first-order valence-electron chi connectivity index (χ1n) is 12.0. The van der Waals surface area contributed by atoms with Crippen molar-refractivity contribution in [1.82, 2.24) is 15.1 Å². The van der Waals surface area contributed by atoms with Crippen molar-refractivity contribution in [2.75, 3.05) is 32.8 Å². The van der Waals surface area contributed by atoms with E-state index in [2.05, 4.69) is 24.1 Å². The summed E-state index contributed by atoms with van der Waals surface area (Å²) in [5.74, 6) is 0.235. The van der Waals surface area contributed by atoms with Crippen LogP contribution in [0, 0.1) is 0 Å². The van der Waals surface area contributed by atoms with Crippen molar-refractivity contribution in [2.24, 2.45) is 0 Å². The van der Waals surface area contributed by atoms with E-state index in [0.29, 0.717) is 38.3 Å². The first-order valence-corrected chi connectivity index (χ1v) is 12.0. The van der Waals surface area contributed by atoms with Crippen LogP contribution in [0.2, 0.25) is 0 Å². The fourth-order valence-corrected chi connectivity index (χ4v) is 5.49. The number of likely N-dealkylation sites (tertiary alicyclic amines) is 1. The van der Waals surface area contributed by atoms with E-state index >= 15 is 0 Å². The number of hydrogen-bond donors (Lipinski definition) is 1. The molecule has 2 atom stereocenters. The lowest BCUT2D eigenvalue weighted by atomic mass is 9.77. The van der Waals surface area contributed by atoms with Gasteiger partial charge in [0.15, 0.2) is 0 Å². The number of carbonyl (C=O) groups excluding carboxylic acids is 2. The highest BCUT2D eigenvalue weighted by Gasteiger charge is 2.53. The minimum Gasteiger partial charge on any atom is -0.378 e. The van der Waals surface area contributed by atoms with Crippen molar-refractivity contribution in [3.63, 3.8) is 0 Å². The first-order chi connectivity index (χ1) is 15.0. The fourth-order valence-electron chi connectivity index (χ4n) is 5.49. The number of piperidine rings is 1. The van der Waals surface area contributed by atoms with Gasteiger partial charge in [0, 0.05) is 51.3 Å². The van der Waals surface area contributed by atoms with Crippen LogP contribution >= 0.6 is 0 Å². The molecule has 3 saturated heterocycles. The highest BCUT2D eigenvalue weighted by Crippen LogP contribution is 2.42. The van der Waals surface area contributed by atoms with E-state index in [0.717, 1.165) is 50.8 Å². The summed E-state index contributed by atoms with van der Waals surface area (Å²) in [7, 11) is 0. The highest BCUT2D eigenvalue weighted by molar-refractivity contribution is 5.91. The zero-order valence-corrected chi connectivity index (χ0v) is 19.0. The molecule has 170 valence electrons. The maximum Gasteiger partial charge on any atom is 0.232 e. The van der Waals surface area contributed by atoms with E-state index in [9.17, 15) is 9.59 Å². The predicted octanol–water partition coefficient (Wildman–Crippen LogP) is 2.71. The molecule has 0 aromatic heterocycles. The Labute approximate surface area is 186 Å². The third kappa shape index (κ3) is 4.80. The summed E-state index contributed by atoms with van der Waals surface area (Å²) in [4.78, 5) is 30.1. The Kier molecular flexibility index (Phi) is 6.97. The lowest BCUT2D eigenvalue weighted by Gasteiger charge is -2.34. The van der Waals surface area contributed by atoms with Crippen LogP contribution in [0.1, 0.15) is 57.9 Å². The molecule has 0 unspecified atom stereocenters. The number of fused-ring (bicyclic) bond motifs is 1. The fraction of sp³-hybridized carbons (Fsp3) is 0.680. The molecule has 3 aliphatic rings. The van der Waals surface area contributed by atoms with Gasteiger partial charge in [-0.1, -0.05) is 30.3 Å². The summed E-state index contributed by atoms with van der Waals surface area (Å²) >= 11 is 0. The maximum atomic E-state index is 13.4. The van der Waals surface area contributed by atoms with Gasteiger partial charge in [0.05, 0.1) is 11.5 Å². The summed E-state index contributed by atoms with van der Waals surface area (Å²) in [6, 6.07) is 10.8. The normalized spacial score (nSPS) is 27.1. The summed E-state index contributed by atoms with van der Waals surface area (Å²) in [5, 5.41) is 3.16. The van der Waals surface area contributed by atoms with Crippen LogP contribution in [0.3, 0.4) is 0 Å². The number of benzene rings is 1. The van der Waals surface area contributed by atoms with Crippen LogP contribution in [0.4, 0.5) is 0 Å². The lowest BCUT2D eigenvalue weighted by molar-refractivity contribution is -0.129. The molecule has 1 aromatic carbocycles. The molecule has 2 amide bonds. The molecule has 0 aliphatic carbocycles. The van der Waals surface area contributed by atoms with Crippen molar-refractivity contribution >= 4 is 11.8 Å². The van der Waals surface area contributed by atoms with Gasteiger partial charge in [-0.05, 0) is 51.5 Å². The SMILES string of the molecule is CC(C)N1CCC(OCCCNC(=O)[C@@]2(c3ccccc3)C[C@@H]3CCC(=O)N3C2)CC1. The van der Waals surface area contributed by atoms with Crippen LogP contribution in [-0.2, 0) is 19.7 Å². The Hall–Kier alpha value is -1.92. The van der Waals surface area contributed by atoms with Crippen LogP contribution in [-0.4, -0.2) is 72.6 Å². The van der Waals surface area contributed by atoms with Gasteiger partial charge < -0.3 is 19.9 Å². The van der Waals surface area contributed by atoms with Gasteiger partial charge in [0.2, 0.25) is 11.8 Å². The third-order valence-electron chi connectivity index (χ3n) is 7.41. The Balaban J connectivity index is 1.27. The van der Waals surface area contributed by atoms with Gasteiger partial charge in [-0.2, -0.15) is 0 Å². The molecular formula is C25H37N3O3. The monoisotopic (exact) mass is 427 g/mol. The second-order valence-electron chi connectivity index (χ2n) is 9.68. The van der Waals surface area contributed by atoms with Gasteiger partial charge in [0.1, 0.15) is 0 Å². The van der Waals surface area contributed by atoms with Crippen LogP contribution in [0.25, 0.3) is 0 Å². The van der Waals surface area contributed by atoms with Gasteiger partial charge in [-0.3, -0.25) is 9.59 Å². The van der Waals surface area contributed by atoms with Gasteiger partial charge in [-0.25, -0.2) is 0 Å². The largest absolute Gasteiger partial charge is 0.378 e. The van der Waals surface area contributed by atoms with Crippen molar-refractivity contribution in [3.05, 3.63) is 35.9 Å². The van der Waals surface area contributed by atoms with E-state index in [1.165, 1.54) is 0 Å². The molecule has 1 aromatic rings. The molecule has 0 radical (unpaired) electrons. The topological polar surface area (TPSA) is 61.9 Å². The zero-order valence-electron chi connectivity index (χ0n) is 19.0. The first kappa shape index (κ1) is 22.3. The van der Waals surface area contributed by atoms with E-state index in [-0.39, 0.29) is 17.9 Å². The minimum atomic E-state index is -0.632. The quantitative estimate of drug-likeness (QED) is 0.648. The molecule has 3 fully saturated rings.